The molecule has 1 aliphatic rings. The summed E-state index contributed by atoms with van der Waals surface area (Å²) < 4.78 is 0. The van der Waals surface area contributed by atoms with Gasteiger partial charge in [-0.2, -0.15) is 0 Å². The van der Waals surface area contributed by atoms with Gasteiger partial charge in [-0.3, -0.25) is 0 Å². The molecule has 10 heavy (non-hydrogen) atoms. The number of carboxylic acid groups (broad SMARTS) is 1. The van der Waals surface area contributed by atoms with Crippen LogP contribution in [0.3, 0.4) is 0 Å². The van der Waals surface area contributed by atoms with Gasteiger partial charge in [-0.25, -0.2) is 4.79 Å². The van der Waals surface area contributed by atoms with E-state index in [-0.39, 0.29) is 18.4 Å². The number of rotatable bonds is 1. The minimum absolute atomic E-state index is 0. The molecule has 60 valence electrons. The maximum Gasteiger partial charge on any atom is 0.363 e. The number of quaternary nitrogens is 1. The van der Waals surface area contributed by atoms with Crippen LogP contribution in [0.1, 0.15) is 0 Å². The zero-order valence-electron chi connectivity index (χ0n) is 5.63. The SMILES string of the molecule is C[NH+]1CSC[C@@H]1C(=O)O.[Cl-]. The van der Waals surface area contributed by atoms with Gasteiger partial charge < -0.3 is 22.4 Å². The van der Waals surface area contributed by atoms with Crippen molar-refractivity contribution in [3.05, 3.63) is 0 Å². The van der Waals surface area contributed by atoms with Crippen molar-refractivity contribution in [2.24, 2.45) is 0 Å². The summed E-state index contributed by atoms with van der Waals surface area (Å²) in [5.74, 6) is 1.02. The summed E-state index contributed by atoms with van der Waals surface area (Å²) in [6.45, 7) is 0. The summed E-state index contributed by atoms with van der Waals surface area (Å²) in [4.78, 5) is 11.5. The molecule has 0 amide bonds. The molecule has 0 radical (unpaired) electrons. The normalized spacial score (nSPS) is 31.3. The molecule has 1 unspecified atom stereocenters. The first-order valence-corrected chi connectivity index (χ1v) is 4.00. The van der Waals surface area contributed by atoms with Gasteiger partial charge in [0.2, 0.25) is 0 Å². The monoisotopic (exact) mass is 183 g/mol. The number of carbonyl (C=O) groups is 1. The Kier molecular flexibility index (Phi) is 4.08. The van der Waals surface area contributed by atoms with Crippen molar-refractivity contribution in [1.29, 1.82) is 0 Å². The van der Waals surface area contributed by atoms with E-state index in [0.717, 1.165) is 16.5 Å². The molecule has 1 saturated heterocycles. The summed E-state index contributed by atoms with van der Waals surface area (Å²) >= 11 is 1.70. The predicted octanol–water partition coefficient (Wildman–Crippen LogP) is -4.34. The number of nitrogens with one attached hydrogen (secondary N) is 1. The summed E-state index contributed by atoms with van der Waals surface area (Å²) in [5.41, 5.74) is 0. The maximum atomic E-state index is 10.4. The molecule has 1 aliphatic heterocycles. The first-order valence-electron chi connectivity index (χ1n) is 2.84. The minimum atomic E-state index is -0.669. The van der Waals surface area contributed by atoms with E-state index in [1.165, 1.54) is 0 Å². The number of aliphatic carboxylic acids is 1. The zero-order valence-corrected chi connectivity index (χ0v) is 7.21. The number of likely N-dealkylation sites (N-methyl/N-ethyl adjacent to an activating group) is 1. The van der Waals surface area contributed by atoms with E-state index < -0.39 is 5.97 Å². The molecule has 1 rings (SSSR count). The largest absolute Gasteiger partial charge is 1.00 e. The van der Waals surface area contributed by atoms with Crippen molar-refractivity contribution in [2.45, 2.75) is 6.04 Å². The van der Waals surface area contributed by atoms with E-state index in [9.17, 15) is 4.79 Å². The predicted molar refractivity (Wildman–Crippen MR) is 35.6 cm³/mol. The molecular weight excluding hydrogens is 174 g/mol. The van der Waals surface area contributed by atoms with Crippen LogP contribution >= 0.6 is 11.8 Å². The van der Waals surface area contributed by atoms with Crippen molar-refractivity contribution in [3.8, 4) is 0 Å². The molecule has 3 nitrogen and oxygen atoms in total. The lowest BCUT2D eigenvalue weighted by Gasteiger charge is -2.09. The molecule has 0 saturated carbocycles. The van der Waals surface area contributed by atoms with Gasteiger partial charge in [0.25, 0.3) is 0 Å². The average Bonchev–Trinajstić information content (AvgIpc) is 2.13. The lowest BCUT2D eigenvalue weighted by molar-refractivity contribution is -0.876. The number of halogens is 1. The summed E-state index contributed by atoms with van der Waals surface area (Å²) in [6, 6.07) is -0.171. The van der Waals surface area contributed by atoms with E-state index >= 15 is 0 Å². The van der Waals surface area contributed by atoms with Crippen molar-refractivity contribution in [1.82, 2.24) is 0 Å². The topological polar surface area (TPSA) is 41.7 Å². The Morgan fingerprint density at radius 1 is 1.80 bits per heavy atom. The minimum Gasteiger partial charge on any atom is -1.00 e. The number of hydrogen-bond acceptors (Lipinski definition) is 2. The van der Waals surface area contributed by atoms with Gasteiger partial charge in [0.05, 0.1) is 12.8 Å². The van der Waals surface area contributed by atoms with Gasteiger partial charge >= 0.3 is 5.97 Å². The molecule has 2 atom stereocenters. The van der Waals surface area contributed by atoms with Crippen LogP contribution in [0.25, 0.3) is 0 Å². The number of hydrogen-bond donors (Lipinski definition) is 2. The Balaban J connectivity index is 0.000000810. The first kappa shape index (κ1) is 10.1. The highest BCUT2D eigenvalue weighted by Crippen LogP contribution is 2.03. The van der Waals surface area contributed by atoms with Crippen molar-refractivity contribution in [3.63, 3.8) is 0 Å². The zero-order chi connectivity index (χ0) is 6.85. The number of carboxylic acids is 1. The van der Waals surface area contributed by atoms with Crippen LogP contribution < -0.4 is 17.3 Å². The Morgan fingerprint density at radius 3 is 2.60 bits per heavy atom. The summed E-state index contributed by atoms with van der Waals surface area (Å²) in [7, 11) is 1.92. The molecule has 0 spiro atoms. The highest BCUT2D eigenvalue weighted by molar-refractivity contribution is 7.99. The van der Waals surface area contributed by atoms with E-state index in [4.69, 9.17) is 5.11 Å². The molecule has 0 bridgehead atoms. The molecular formula is C5H10ClNO2S. The van der Waals surface area contributed by atoms with Gasteiger partial charge in [0, 0.05) is 0 Å². The smallest absolute Gasteiger partial charge is 0.363 e. The fraction of sp³-hybridized carbons (Fsp3) is 0.800. The molecule has 0 aromatic carbocycles. The van der Waals surface area contributed by atoms with Gasteiger partial charge in [0.15, 0.2) is 6.04 Å². The first-order chi connectivity index (χ1) is 4.22. The third-order valence-corrected chi connectivity index (χ3v) is 2.74. The van der Waals surface area contributed by atoms with Crippen molar-refractivity contribution >= 4 is 17.7 Å². The molecule has 5 heteroatoms. The highest BCUT2D eigenvalue weighted by Gasteiger charge is 2.31. The van der Waals surface area contributed by atoms with E-state index in [0.29, 0.717) is 0 Å². The van der Waals surface area contributed by atoms with Crippen LogP contribution in [0.4, 0.5) is 0 Å². The lowest BCUT2D eigenvalue weighted by atomic mass is 10.3. The summed E-state index contributed by atoms with van der Waals surface area (Å²) in [6.07, 6.45) is 0. The Bertz CT molecular complexity index is 133. The second kappa shape index (κ2) is 4.05. The fourth-order valence-corrected chi connectivity index (χ4v) is 2.17. The van der Waals surface area contributed by atoms with E-state index in [1.807, 2.05) is 7.05 Å². The second-order valence-electron chi connectivity index (χ2n) is 2.25. The lowest BCUT2D eigenvalue weighted by Crippen LogP contribution is -3.12. The van der Waals surface area contributed by atoms with Gasteiger partial charge in [-0.15, -0.1) is 0 Å². The molecule has 0 aromatic heterocycles. The van der Waals surface area contributed by atoms with Crippen LogP contribution in [0.15, 0.2) is 0 Å². The Labute approximate surface area is 70.2 Å². The Hall–Kier alpha value is 0.0700. The molecule has 1 fully saturated rings. The molecule has 2 N–H and O–H groups in total. The summed E-state index contributed by atoms with van der Waals surface area (Å²) in [5, 5.41) is 8.55. The van der Waals surface area contributed by atoms with Gasteiger partial charge in [-0.1, -0.05) is 11.8 Å². The third kappa shape index (κ3) is 2.04. The highest BCUT2D eigenvalue weighted by atomic mass is 35.5. The average molecular weight is 184 g/mol. The van der Waals surface area contributed by atoms with Crippen LogP contribution in [-0.4, -0.2) is 35.8 Å². The quantitative estimate of drug-likeness (QED) is 0.432. The fourth-order valence-electron chi connectivity index (χ4n) is 0.863. The molecule has 1 heterocycles. The van der Waals surface area contributed by atoms with Crippen LogP contribution in [0.5, 0.6) is 0 Å². The van der Waals surface area contributed by atoms with Crippen LogP contribution in [0.2, 0.25) is 0 Å². The molecule has 0 aromatic rings. The standard InChI is InChI=1S/C5H9NO2S.ClH/c1-6-3-9-2-4(6)5(7)8;/h4H,2-3H2,1H3,(H,7,8);1H/t4-;/m1./s1. The van der Waals surface area contributed by atoms with Crippen LogP contribution in [-0.2, 0) is 4.79 Å². The van der Waals surface area contributed by atoms with Gasteiger partial charge in [-0.05, 0) is 0 Å². The molecule has 0 aliphatic carbocycles. The van der Waals surface area contributed by atoms with E-state index in [1.54, 1.807) is 11.8 Å². The van der Waals surface area contributed by atoms with Crippen molar-refractivity contribution < 1.29 is 27.2 Å². The van der Waals surface area contributed by atoms with Crippen molar-refractivity contribution in [2.75, 3.05) is 18.7 Å². The maximum absolute atomic E-state index is 10.4. The van der Waals surface area contributed by atoms with E-state index in [2.05, 4.69) is 0 Å². The third-order valence-electron chi connectivity index (χ3n) is 1.51. The number of thioether (sulfide) groups is 1. The van der Waals surface area contributed by atoms with Crippen LogP contribution in [0, 0.1) is 0 Å². The van der Waals surface area contributed by atoms with Gasteiger partial charge in [0.1, 0.15) is 5.88 Å². The second-order valence-corrected chi connectivity index (χ2v) is 3.28. The Morgan fingerprint density at radius 2 is 2.40 bits per heavy atom.